The van der Waals surface area contributed by atoms with Gasteiger partial charge in [-0.25, -0.2) is 0 Å². The zero-order valence-electron chi connectivity index (χ0n) is 7.66. The topological polar surface area (TPSA) is 43.4 Å². The Morgan fingerprint density at radius 2 is 1.92 bits per heavy atom. The number of ether oxygens (including phenoxy) is 1. The average molecular weight is 170 g/mol. The van der Waals surface area contributed by atoms with Crippen LogP contribution in [0.25, 0.3) is 0 Å². The molecule has 0 aliphatic heterocycles. The third-order valence-corrected chi connectivity index (χ3v) is 2.23. The van der Waals surface area contributed by atoms with Gasteiger partial charge < -0.3 is 4.74 Å². The molecule has 0 aromatic heterocycles. The third kappa shape index (κ3) is 1.65. The lowest BCUT2D eigenvalue weighted by Gasteiger charge is -2.01. The molecule has 68 valence electrons. The van der Waals surface area contributed by atoms with Gasteiger partial charge in [0.1, 0.15) is 5.78 Å². The molecule has 2 atom stereocenters. The van der Waals surface area contributed by atoms with Crippen LogP contribution in [0.5, 0.6) is 0 Å². The van der Waals surface area contributed by atoms with Gasteiger partial charge in [0.2, 0.25) is 0 Å². The molecule has 1 fully saturated rings. The molecule has 0 radical (unpaired) electrons. The first-order valence-electron chi connectivity index (χ1n) is 4.19. The van der Waals surface area contributed by atoms with Crippen molar-refractivity contribution in [3.63, 3.8) is 0 Å². The summed E-state index contributed by atoms with van der Waals surface area (Å²) < 4.78 is 4.54. The van der Waals surface area contributed by atoms with E-state index in [1.54, 1.807) is 0 Å². The van der Waals surface area contributed by atoms with Crippen molar-refractivity contribution in [2.75, 3.05) is 7.11 Å². The summed E-state index contributed by atoms with van der Waals surface area (Å²) >= 11 is 0. The summed E-state index contributed by atoms with van der Waals surface area (Å²) in [7, 11) is 1.36. The average Bonchev–Trinajstić information content (AvgIpc) is 2.80. The minimum absolute atomic E-state index is 0.0321. The van der Waals surface area contributed by atoms with E-state index in [-0.39, 0.29) is 29.5 Å². The monoisotopic (exact) mass is 170 g/mol. The molecule has 1 saturated carbocycles. The highest BCUT2D eigenvalue weighted by Gasteiger charge is 2.48. The predicted octanol–water partition coefficient (Wildman–Crippen LogP) is 1.02. The van der Waals surface area contributed by atoms with Gasteiger partial charge in [0.25, 0.3) is 0 Å². The Balaban J connectivity index is 2.42. The zero-order chi connectivity index (χ0) is 9.30. The summed E-state index contributed by atoms with van der Waals surface area (Å²) in [5.74, 6) is -0.230. The number of methoxy groups -OCH3 is 1. The highest BCUT2D eigenvalue weighted by Crippen LogP contribution is 2.41. The maximum Gasteiger partial charge on any atom is 0.309 e. The highest BCUT2D eigenvalue weighted by molar-refractivity contribution is 5.92. The van der Waals surface area contributed by atoms with Gasteiger partial charge >= 0.3 is 5.97 Å². The molecule has 0 saturated heterocycles. The molecule has 0 spiro atoms. The summed E-state index contributed by atoms with van der Waals surface area (Å²) in [4.78, 5) is 22.3. The first kappa shape index (κ1) is 9.23. The van der Waals surface area contributed by atoms with Crippen molar-refractivity contribution in [2.45, 2.75) is 20.3 Å². The molecule has 1 aliphatic rings. The van der Waals surface area contributed by atoms with Crippen LogP contribution in [-0.4, -0.2) is 18.9 Å². The van der Waals surface area contributed by atoms with Gasteiger partial charge in [-0.15, -0.1) is 0 Å². The number of esters is 1. The number of hydrogen-bond donors (Lipinski definition) is 0. The SMILES string of the molecule is COC(=O)[C@@H]1C[C@@H]1C(=O)C(C)C. The van der Waals surface area contributed by atoms with Gasteiger partial charge in [0.15, 0.2) is 0 Å². The molecule has 1 rings (SSSR count). The van der Waals surface area contributed by atoms with E-state index in [0.717, 1.165) is 0 Å². The molecule has 1 aliphatic carbocycles. The van der Waals surface area contributed by atoms with Crippen molar-refractivity contribution in [3.8, 4) is 0 Å². The summed E-state index contributed by atoms with van der Waals surface area (Å²) in [6.07, 6.45) is 0.684. The number of carbonyl (C=O) groups is 2. The Kier molecular flexibility index (Phi) is 2.50. The van der Waals surface area contributed by atoms with E-state index >= 15 is 0 Å². The van der Waals surface area contributed by atoms with Crippen LogP contribution >= 0.6 is 0 Å². The Hall–Kier alpha value is -0.860. The Morgan fingerprint density at radius 3 is 2.33 bits per heavy atom. The van der Waals surface area contributed by atoms with E-state index in [0.29, 0.717) is 6.42 Å². The van der Waals surface area contributed by atoms with E-state index in [1.165, 1.54) is 7.11 Å². The minimum atomic E-state index is -0.242. The van der Waals surface area contributed by atoms with E-state index < -0.39 is 0 Å². The van der Waals surface area contributed by atoms with Crippen LogP contribution in [0.1, 0.15) is 20.3 Å². The van der Waals surface area contributed by atoms with E-state index in [4.69, 9.17) is 0 Å². The Morgan fingerprint density at radius 1 is 1.33 bits per heavy atom. The molecule has 3 heteroatoms. The van der Waals surface area contributed by atoms with Crippen LogP contribution in [0.15, 0.2) is 0 Å². The predicted molar refractivity (Wildman–Crippen MR) is 43.5 cm³/mol. The lowest BCUT2D eigenvalue weighted by atomic mass is 10.0. The van der Waals surface area contributed by atoms with Gasteiger partial charge in [0, 0.05) is 11.8 Å². The van der Waals surface area contributed by atoms with Crippen molar-refractivity contribution in [2.24, 2.45) is 17.8 Å². The van der Waals surface area contributed by atoms with Gasteiger partial charge in [-0.1, -0.05) is 13.8 Å². The summed E-state index contributed by atoms with van der Waals surface area (Å²) in [5, 5.41) is 0. The number of Topliss-reactive ketones (excluding diaryl/α,β-unsaturated/α-hetero) is 1. The molecule has 0 N–H and O–H groups in total. The van der Waals surface area contributed by atoms with Crippen molar-refractivity contribution < 1.29 is 14.3 Å². The fourth-order valence-corrected chi connectivity index (χ4v) is 1.35. The van der Waals surface area contributed by atoms with Crippen molar-refractivity contribution >= 4 is 11.8 Å². The number of carbonyl (C=O) groups excluding carboxylic acids is 2. The van der Waals surface area contributed by atoms with Crippen LogP contribution in [0.3, 0.4) is 0 Å². The fraction of sp³-hybridized carbons (Fsp3) is 0.778. The molecular formula is C9H14O3. The molecule has 12 heavy (non-hydrogen) atoms. The standard InChI is InChI=1S/C9H14O3/c1-5(2)8(10)6-4-7(6)9(11)12-3/h5-7H,4H2,1-3H3/t6-,7+/m0/s1. The van der Waals surface area contributed by atoms with Crippen LogP contribution < -0.4 is 0 Å². The number of rotatable bonds is 3. The normalized spacial score (nSPS) is 27.0. The first-order valence-corrected chi connectivity index (χ1v) is 4.19. The quantitative estimate of drug-likeness (QED) is 0.594. The summed E-state index contributed by atoms with van der Waals surface area (Å²) in [5.41, 5.74) is 0. The third-order valence-electron chi connectivity index (χ3n) is 2.23. The number of ketones is 1. The number of hydrogen-bond acceptors (Lipinski definition) is 3. The van der Waals surface area contributed by atoms with Gasteiger partial charge in [-0.3, -0.25) is 9.59 Å². The Bertz CT molecular complexity index is 208. The lowest BCUT2D eigenvalue weighted by Crippen LogP contribution is -2.14. The summed E-state index contributed by atoms with van der Waals surface area (Å²) in [6, 6.07) is 0. The van der Waals surface area contributed by atoms with E-state index in [9.17, 15) is 9.59 Å². The van der Waals surface area contributed by atoms with Gasteiger partial charge in [-0.05, 0) is 6.42 Å². The molecule has 3 nitrogen and oxygen atoms in total. The maximum absolute atomic E-state index is 11.3. The van der Waals surface area contributed by atoms with Gasteiger partial charge in [-0.2, -0.15) is 0 Å². The van der Waals surface area contributed by atoms with Crippen LogP contribution in [0.2, 0.25) is 0 Å². The Labute approximate surface area is 72.1 Å². The van der Waals surface area contributed by atoms with Crippen LogP contribution in [0, 0.1) is 17.8 Å². The second-order valence-corrected chi connectivity index (χ2v) is 3.53. The molecule has 0 unspecified atom stereocenters. The summed E-state index contributed by atoms with van der Waals surface area (Å²) in [6.45, 7) is 3.71. The molecule has 0 bridgehead atoms. The van der Waals surface area contributed by atoms with Crippen molar-refractivity contribution in [1.82, 2.24) is 0 Å². The van der Waals surface area contributed by atoms with Crippen molar-refractivity contribution in [1.29, 1.82) is 0 Å². The molecule has 0 amide bonds. The molecule has 0 heterocycles. The smallest absolute Gasteiger partial charge is 0.309 e. The molecule has 0 aromatic carbocycles. The minimum Gasteiger partial charge on any atom is -0.469 e. The van der Waals surface area contributed by atoms with Crippen LogP contribution in [0.4, 0.5) is 0 Å². The highest BCUT2D eigenvalue weighted by atomic mass is 16.5. The second kappa shape index (κ2) is 3.25. The lowest BCUT2D eigenvalue weighted by molar-refractivity contribution is -0.143. The van der Waals surface area contributed by atoms with E-state index in [2.05, 4.69) is 4.74 Å². The van der Waals surface area contributed by atoms with Gasteiger partial charge in [0.05, 0.1) is 13.0 Å². The molecular weight excluding hydrogens is 156 g/mol. The zero-order valence-corrected chi connectivity index (χ0v) is 7.66. The van der Waals surface area contributed by atoms with Crippen LogP contribution in [-0.2, 0) is 14.3 Å². The molecule has 0 aromatic rings. The van der Waals surface area contributed by atoms with Crippen molar-refractivity contribution in [3.05, 3.63) is 0 Å². The fourth-order valence-electron chi connectivity index (χ4n) is 1.35. The second-order valence-electron chi connectivity index (χ2n) is 3.53. The first-order chi connectivity index (χ1) is 5.57. The maximum atomic E-state index is 11.3. The van der Waals surface area contributed by atoms with E-state index in [1.807, 2.05) is 13.8 Å². The largest absolute Gasteiger partial charge is 0.469 e.